The number of hydrogen-bond acceptors (Lipinski definition) is 6. The highest BCUT2D eigenvalue weighted by Gasteiger charge is 2.47. The molecule has 1 aliphatic carbocycles. The van der Waals surface area contributed by atoms with E-state index in [1.54, 1.807) is 6.92 Å². The van der Waals surface area contributed by atoms with Crippen LogP contribution in [0.3, 0.4) is 0 Å². The predicted octanol–water partition coefficient (Wildman–Crippen LogP) is 7.21. The fourth-order valence-electron chi connectivity index (χ4n) is 7.05. The highest BCUT2D eigenvalue weighted by molar-refractivity contribution is 5.98. The van der Waals surface area contributed by atoms with E-state index in [-0.39, 0.29) is 42.8 Å². The minimum Gasteiger partial charge on any atom is -0.370 e. The molecule has 1 saturated carbocycles. The number of primary amides is 1. The third-order valence-corrected chi connectivity index (χ3v) is 9.36. The Bertz CT molecular complexity index is 1680. The zero-order chi connectivity index (χ0) is 36.8. The van der Waals surface area contributed by atoms with E-state index in [9.17, 15) is 49.1 Å². The van der Waals surface area contributed by atoms with Crippen molar-refractivity contribution in [3.63, 3.8) is 0 Å². The molecular formula is C32H34F9N7O2. The van der Waals surface area contributed by atoms with Crippen LogP contribution < -0.4 is 15.5 Å². The second-order valence-electron chi connectivity index (χ2n) is 12.8. The van der Waals surface area contributed by atoms with Gasteiger partial charge in [-0.25, -0.2) is 0 Å². The first-order valence-electron chi connectivity index (χ1n) is 15.9. The van der Waals surface area contributed by atoms with Gasteiger partial charge in [0.1, 0.15) is 0 Å². The summed E-state index contributed by atoms with van der Waals surface area (Å²) in [6, 6.07) is 2.36. The quantitative estimate of drug-likeness (QED) is 0.247. The van der Waals surface area contributed by atoms with Gasteiger partial charge in [0.2, 0.25) is 11.8 Å². The highest BCUT2D eigenvalue weighted by atomic mass is 19.4. The minimum absolute atomic E-state index is 0.0160. The molecule has 2 heterocycles. The number of rotatable bonds is 8. The van der Waals surface area contributed by atoms with E-state index in [0.717, 1.165) is 21.8 Å². The summed E-state index contributed by atoms with van der Waals surface area (Å²) in [6.45, 7) is 0.994. The lowest BCUT2D eigenvalue weighted by Gasteiger charge is -2.46. The van der Waals surface area contributed by atoms with Crippen molar-refractivity contribution in [1.29, 1.82) is 0 Å². The number of amides is 2. The molecule has 272 valence electrons. The maximum absolute atomic E-state index is 14.7. The summed E-state index contributed by atoms with van der Waals surface area (Å²) in [6.07, 6.45) is -13.4. The third kappa shape index (κ3) is 7.83. The van der Waals surface area contributed by atoms with Crippen LogP contribution in [0.15, 0.2) is 36.4 Å². The van der Waals surface area contributed by atoms with Crippen LogP contribution in [-0.2, 0) is 41.7 Å². The normalized spacial score (nSPS) is 21.5. The number of nitrogens with two attached hydrogens (primary N) is 1. The van der Waals surface area contributed by atoms with Crippen molar-refractivity contribution in [3.8, 4) is 0 Å². The Morgan fingerprint density at radius 2 is 1.54 bits per heavy atom. The smallest absolute Gasteiger partial charge is 0.370 e. The standard InChI is InChI=1S/C32H34F9N7O2/c1-3-22-15-25(47(29-43-45-46(2)44-29)16-18-11-20(30(33,34)35)14-21(12-18)31(36,37)38)23-5-4-6-24(32(39,40)41)27(23)48(22)28(50)19-9-7-17(8-10-19)13-26(42)49/h4-6,11-12,14,17,19,22,25H,3,7-10,13,15-16H2,1-2H3,(H2,42,49). The number of halogens is 9. The van der Waals surface area contributed by atoms with Crippen LogP contribution >= 0.6 is 0 Å². The number of fused-ring (bicyclic) bond motifs is 1. The summed E-state index contributed by atoms with van der Waals surface area (Å²) in [7, 11) is 1.37. The Labute approximate surface area is 280 Å². The first-order valence-corrected chi connectivity index (χ1v) is 15.9. The van der Waals surface area contributed by atoms with E-state index < -0.39 is 82.8 Å². The number of benzene rings is 2. The molecule has 2 atom stereocenters. The molecule has 0 spiro atoms. The predicted molar refractivity (Wildman–Crippen MR) is 161 cm³/mol. The van der Waals surface area contributed by atoms with Crippen LogP contribution in [0.2, 0.25) is 0 Å². The molecule has 2 amide bonds. The summed E-state index contributed by atoms with van der Waals surface area (Å²) < 4.78 is 127. The van der Waals surface area contributed by atoms with Crippen molar-refractivity contribution < 1.29 is 49.1 Å². The average molecular weight is 720 g/mol. The summed E-state index contributed by atoms with van der Waals surface area (Å²) in [4.78, 5) is 29.0. The van der Waals surface area contributed by atoms with Crippen LogP contribution in [0.5, 0.6) is 0 Å². The van der Waals surface area contributed by atoms with Gasteiger partial charge in [-0.1, -0.05) is 24.2 Å². The molecule has 1 fully saturated rings. The minimum atomic E-state index is -5.14. The molecule has 2 aromatic carbocycles. The van der Waals surface area contributed by atoms with Crippen molar-refractivity contribution in [2.24, 2.45) is 24.6 Å². The van der Waals surface area contributed by atoms with Crippen molar-refractivity contribution in [1.82, 2.24) is 20.2 Å². The van der Waals surface area contributed by atoms with E-state index in [0.29, 0.717) is 37.8 Å². The molecule has 0 radical (unpaired) electrons. The van der Waals surface area contributed by atoms with E-state index in [1.165, 1.54) is 18.0 Å². The Morgan fingerprint density at radius 3 is 2.04 bits per heavy atom. The van der Waals surface area contributed by atoms with Gasteiger partial charge in [0, 0.05) is 24.9 Å². The molecule has 9 nitrogen and oxygen atoms in total. The molecular weight excluding hydrogens is 685 g/mol. The van der Waals surface area contributed by atoms with Gasteiger partial charge in [0.05, 0.1) is 35.5 Å². The summed E-state index contributed by atoms with van der Waals surface area (Å²) in [5.74, 6) is -1.98. The molecule has 2 unspecified atom stereocenters. The van der Waals surface area contributed by atoms with Gasteiger partial charge in [-0.2, -0.15) is 44.3 Å². The van der Waals surface area contributed by atoms with Gasteiger partial charge < -0.3 is 15.5 Å². The SMILES string of the molecule is CCC1CC(N(Cc2cc(C(F)(F)F)cc(C(F)(F)F)c2)c2nnn(C)n2)c2cccc(C(F)(F)F)c2N1C(=O)C1CCC(CC(N)=O)CC1. The summed E-state index contributed by atoms with van der Waals surface area (Å²) in [5, 5.41) is 11.8. The number of carbonyl (C=O) groups is 2. The van der Waals surface area contributed by atoms with Crippen LogP contribution in [0, 0.1) is 11.8 Å². The number of hydrogen-bond donors (Lipinski definition) is 1. The molecule has 2 aliphatic rings. The number of nitrogens with zero attached hydrogens (tertiary/aromatic N) is 6. The number of anilines is 2. The van der Waals surface area contributed by atoms with E-state index in [2.05, 4.69) is 15.4 Å². The van der Waals surface area contributed by atoms with Crippen molar-refractivity contribution in [2.75, 3.05) is 9.80 Å². The summed E-state index contributed by atoms with van der Waals surface area (Å²) >= 11 is 0. The second kappa shape index (κ2) is 13.7. The van der Waals surface area contributed by atoms with Gasteiger partial charge >= 0.3 is 18.5 Å². The molecule has 5 rings (SSSR count). The van der Waals surface area contributed by atoms with Crippen molar-refractivity contribution in [3.05, 3.63) is 64.2 Å². The molecule has 0 saturated heterocycles. The van der Waals surface area contributed by atoms with E-state index in [1.807, 2.05) is 0 Å². The molecule has 1 aliphatic heterocycles. The number of para-hydroxylation sites is 1. The first-order chi connectivity index (χ1) is 23.3. The van der Waals surface area contributed by atoms with Crippen molar-refractivity contribution >= 4 is 23.5 Å². The number of aromatic nitrogens is 4. The number of aryl methyl sites for hydroxylation is 1. The average Bonchev–Trinajstić information content (AvgIpc) is 3.46. The number of alkyl halides is 9. The van der Waals surface area contributed by atoms with Gasteiger partial charge in [-0.15, -0.1) is 5.10 Å². The highest BCUT2D eigenvalue weighted by Crippen LogP contribution is 2.50. The van der Waals surface area contributed by atoms with E-state index in [4.69, 9.17) is 5.73 Å². The Kier molecular flexibility index (Phi) is 10.1. The van der Waals surface area contributed by atoms with Crippen molar-refractivity contribution in [2.45, 2.75) is 89.0 Å². The summed E-state index contributed by atoms with van der Waals surface area (Å²) in [5.41, 5.74) is 0.146. The van der Waals surface area contributed by atoms with Crippen LogP contribution in [-0.4, -0.2) is 38.1 Å². The van der Waals surface area contributed by atoms with Gasteiger partial charge in [-0.3, -0.25) is 9.59 Å². The van der Waals surface area contributed by atoms with Gasteiger partial charge in [-0.05, 0) is 85.0 Å². The largest absolute Gasteiger partial charge is 0.418 e. The maximum atomic E-state index is 14.7. The van der Waals surface area contributed by atoms with Crippen LogP contribution in [0.25, 0.3) is 0 Å². The van der Waals surface area contributed by atoms with Crippen LogP contribution in [0.4, 0.5) is 51.1 Å². The zero-order valence-electron chi connectivity index (χ0n) is 26.9. The molecule has 3 aromatic rings. The Hall–Kier alpha value is -4.38. The molecule has 1 aromatic heterocycles. The van der Waals surface area contributed by atoms with E-state index >= 15 is 0 Å². The monoisotopic (exact) mass is 719 g/mol. The fourth-order valence-corrected chi connectivity index (χ4v) is 7.05. The molecule has 2 N–H and O–H groups in total. The second-order valence-corrected chi connectivity index (χ2v) is 12.8. The van der Waals surface area contributed by atoms with Gasteiger partial charge in [0.15, 0.2) is 0 Å². The first kappa shape index (κ1) is 36.9. The lowest BCUT2D eigenvalue weighted by molar-refractivity contribution is -0.143. The third-order valence-electron chi connectivity index (χ3n) is 9.36. The van der Waals surface area contributed by atoms with Gasteiger partial charge in [0.25, 0.3) is 5.95 Å². The maximum Gasteiger partial charge on any atom is 0.418 e. The molecule has 18 heteroatoms. The molecule has 0 bridgehead atoms. The zero-order valence-corrected chi connectivity index (χ0v) is 26.9. The fraction of sp³-hybridized carbons (Fsp3) is 0.531. The number of tetrazole rings is 1. The van der Waals surface area contributed by atoms with Crippen LogP contribution in [0.1, 0.15) is 85.7 Å². The topological polar surface area (TPSA) is 110 Å². The Morgan fingerprint density at radius 1 is 0.920 bits per heavy atom. The Balaban J connectivity index is 1.63. The number of carbonyl (C=O) groups excluding carboxylic acids is 2. The lowest BCUT2D eigenvalue weighted by Crippen LogP contribution is -2.51. The molecule has 50 heavy (non-hydrogen) atoms. The lowest BCUT2D eigenvalue weighted by atomic mass is 9.78.